The number of sulfonamides is 1. The molecule has 0 amide bonds. The number of aryl methyl sites for hydroxylation is 1. The van der Waals surface area contributed by atoms with Gasteiger partial charge in [-0.05, 0) is 92.1 Å². The highest BCUT2D eigenvalue weighted by Gasteiger charge is 2.47. The molecule has 1 saturated carbocycles. The first-order chi connectivity index (χ1) is 34.1. The molecule has 1 aliphatic carbocycles. The molecule has 2 aromatic carbocycles. The summed E-state index contributed by atoms with van der Waals surface area (Å²) < 4.78 is 182. The Balaban J connectivity index is 0.000000197. The molecule has 0 radical (unpaired) electrons. The van der Waals surface area contributed by atoms with Gasteiger partial charge in [0.2, 0.25) is 10.0 Å². The van der Waals surface area contributed by atoms with Crippen LogP contribution in [0.15, 0.2) is 107 Å². The summed E-state index contributed by atoms with van der Waals surface area (Å²) in [5.41, 5.74) is 4.97. The van der Waals surface area contributed by atoms with Crippen LogP contribution in [0.2, 0.25) is 10.3 Å². The molecule has 15 nitrogen and oxygen atoms in total. The van der Waals surface area contributed by atoms with Gasteiger partial charge in [-0.15, -0.1) is 0 Å². The predicted octanol–water partition coefficient (Wildman–Crippen LogP) is 8.58. The second-order valence-electron chi connectivity index (χ2n) is 16.2. The second kappa shape index (κ2) is 22.6. The van der Waals surface area contributed by atoms with Crippen LogP contribution in [0, 0.1) is 17.6 Å². The van der Waals surface area contributed by atoms with E-state index in [0.29, 0.717) is 16.8 Å². The normalized spacial score (nSPS) is 19.4. The zero-order chi connectivity index (χ0) is 53.8. The molecule has 4 aromatic heterocycles. The number of benzene rings is 2. The highest BCUT2D eigenvalue weighted by atomic mass is 35.5. The Hall–Kier alpha value is -6.00. The van der Waals surface area contributed by atoms with Gasteiger partial charge in [0.25, 0.3) is 0 Å². The van der Waals surface area contributed by atoms with Crippen LogP contribution in [0.3, 0.4) is 0 Å². The minimum absolute atomic E-state index is 0.00622. The van der Waals surface area contributed by atoms with E-state index in [1.807, 2.05) is 0 Å². The van der Waals surface area contributed by atoms with Gasteiger partial charge >= 0.3 is 18.3 Å². The van der Waals surface area contributed by atoms with Crippen molar-refractivity contribution in [1.82, 2.24) is 33.8 Å². The Bertz CT molecular complexity index is 3130. The highest BCUT2D eigenvalue weighted by Crippen LogP contribution is 2.37. The number of carbonyl (C=O) groups excluding carboxylic acids is 1. The number of carboxylic acids is 1. The molecule has 1 unspecified atom stereocenters. The molecule has 1 saturated heterocycles. The lowest BCUT2D eigenvalue weighted by Gasteiger charge is -2.22. The molecule has 0 spiro atoms. The Morgan fingerprint density at radius 1 is 0.685 bits per heavy atom. The number of alkyl halides is 8. The van der Waals surface area contributed by atoms with Gasteiger partial charge in [-0.3, -0.25) is 9.59 Å². The van der Waals surface area contributed by atoms with Crippen molar-refractivity contribution in [2.24, 2.45) is 11.7 Å². The summed E-state index contributed by atoms with van der Waals surface area (Å²) in [5, 5.41) is 15.8. The Morgan fingerprint density at radius 3 is 1.60 bits per heavy atom. The molecule has 29 heteroatoms. The first-order valence-corrected chi connectivity index (χ1v) is 24.9. The number of pyridine rings is 2. The van der Waals surface area contributed by atoms with Crippen LogP contribution in [-0.2, 0) is 54.8 Å². The molecule has 1 aliphatic heterocycles. The summed E-state index contributed by atoms with van der Waals surface area (Å²) >= 11 is 11.9. The summed E-state index contributed by atoms with van der Waals surface area (Å²) in [5.74, 6) is -4.36. The lowest BCUT2D eigenvalue weighted by atomic mass is 10.0. The van der Waals surface area contributed by atoms with Crippen molar-refractivity contribution in [3.05, 3.63) is 142 Å². The van der Waals surface area contributed by atoms with Gasteiger partial charge in [0, 0.05) is 49.5 Å². The quantitative estimate of drug-likeness (QED) is 0.0871. The number of hydrogen-bond donors (Lipinski definition) is 2. The summed E-state index contributed by atoms with van der Waals surface area (Å²) in [6.45, 7) is -0.303. The van der Waals surface area contributed by atoms with Gasteiger partial charge < -0.3 is 10.8 Å². The van der Waals surface area contributed by atoms with Gasteiger partial charge in [0.1, 0.15) is 35.4 Å². The van der Waals surface area contributed by atoms with E-state index in [1.54, 1.807) is 6.20 Å². The van der Waals surface area contributed by atoms with E-state index in [1.165, 1.54) is 21.6 Å². The maximum absolute atomic E-state index is 14.2. The molecule has 392 valence electrons. The van der Waals surface area contributed by atoms with E-state index in [9.17, 15) is 70.3 Å². The molecule has 3 N–H and O–H groups in total. The van der Waals surface area contributed by atoms with Gasteiger partial charge in [-0.25, -0.2) is 53.7 Å². The van der Waals surface area contributed by atoms with E-state index >= 15 is 0 Å². The standard InChI is InChI=1S/C22H18ClF5N4O3S.C12H12F2O4S.C10H8ClF3N4/c23-21-13(11-31(30-21)16-4-8-20(29-10-16)22(26,27)28)1-7-19(33)18-9-15(25)12-32(18)36(34,35)17-5-2-14(24)3-6-17;13-7-1-3-9(4-2-7)19(17,18)11-6-8(14)5-10(11)12(15)16;11-9-6(3-15)5-18(17-9)7-1-2-8(16-4-7)10(12,13)14/h2-6,8,10-11,15,18H,1,7,9,12H2;1-4,8,10-11H,5-6H2,(H,15,16);1-2,4-5H,3,15H2/t15-,18+;8-,10-,11?;/m11./s1. The largest absolute Gasteiger partial charge is 0.481 e. The molecule has 73 heavy (non-hydrogen) atoms. The van der Waals surface area contributed by atoms with Gasteiger partial charge in [-0.2, -0.15) is 40.8 Å². The Kier molecular flexibility index (Phi) is 17.5. The van der Waals surface area contributed by atoms with Crippen molar-refractivity contribution in [2.75, 3.05) is 6.54 Å². The van der Waals surface area contributed by atoms with Gasteiger partial charge in [0.05, 0.1) is 50.8 Å². The molecular weight excluding hydrogens is 1080 g/mol. The van der Waals surface area contributed by atoms with E-state index in [4.69, 9.17) is 34.0 Å². The van der Waals surface area contributed by atoms with Crippen LogP contribution in [0.4, 0.5) is 43.9 Å². The number of carboxylic acid groups (broad SMARTS) is 1. The summed E-state index contributed by atoms with van der Waals surface area (Å²) in [7, 11) is -8.21. The third-order valence-corrected chi connectivity index (χ3v) is 16.0. The molecule has 5 atom stereocenters. The van der Waals surface area contributed by atoms with Gasteiger partial charge in [-0.1, -0.05) is 23.2 Å². The maximum atomic E-state index is 14.2. The van der Waals surface area contributed by atoms with Crippen molar-refractivity contribution < 1.29 is 75.4 Å². The minimum atomic E-state index is -4.59. The number of halogens is 12. The SMILES string of the molecule is NCc1cn(-c2ccc(C(F)(F)F)nc2)nc1Cl.O=C(CCc1cn(-c2ccc(C(F)(F)F)nc2)nc1Cl)[C@@H]1C[C@@H](F)CN1S(=O)(=O)c1ccc(F)cc1.O=C(O)[C@@H]1C[C@@H](F)CC1S(=O)(=O)c1ccc(F)cc1. The van der Waals surface area contributed by atoms with Crippen molar-refractivity contribution in [3.63, 3.8) is 0 Å². The fourth-order valence-corrected chi connectivity index (χ4v) is 11.6. The Morgan fingerprint density at radius 2 is 1.16 bits per heavy atom. The van der Waals surface area contributed by atoms with E-state index in [-0.39, 0.29) is 64.4 Å². The average Bonchev–Trinajstić information content (AvgIpc) is 4.13. The van der Waals surface area contributed by atoms with Crippen molar-refractivity contribution in [1.29, 1.82) is 0 Å². The third-order valence-electron chi connectivity index (χ3n) is 11.2. The molecule has 0 bridgehead atoms. The van der Waals surface area contributed by atoms with E-state index in [0.717, 1.165) is 83.4 Å². The Labute approximate surface area is 418 Å². The molecule has 5 heterocycles. The number of aliphatic carboxylic acids is 1. The molecule has 8 rings (SSSR count). The predicted molar refractivity (Wildman–Crippen MR) is 240 cm³/mol. The van der Waals surface area contributed by atoms with Crippen molar-refractivity contribution >= 4 is 54.8 Å². The first kappa shape index (κ1) is 56.3. The van der Waals surface area contributed by atoms with Crippen molar-refractivity contribution in [3.8, 4) is 11.4 Å². The number of Topliss-reactive ketones (excluding diaryl/α,β-unsaturated/α-hetero) is 1. The average molecular weight is 1120 g/mol. The van der Waals surface area contributed by atoms with E-state index in [2.05, 4.69) is 20.2 Å². The highest BCUT2D eigenvalue weighted by molar-refractivity contribution is 7.92. The van der Waals surface area contributed by atoms with Crippen LogP contribution >= 0.6 is 23.2 Å². The zero-order valence-electron chi connectivity index (χ0n) is 37.0. The lowest BCUT2D eigenvalue weighted by Crippen LogP contribution is -2.40. The fraction of sp³-hybridized carbons (Fsp3) is 0.318. The van der Waals surface area contributed by atoms with Crippen LogP contribution in [-0.4, -0.2) is 97.7 Å². The summed E-state index contributed by atoms with van der Waals surface area (Å²) in [6, 6.07) is 10.9. The molecular formula is C44H38Cl2F10N8O7S2. The van der Waals surface area contributed by atoms with Crippen LogP contribution in [0.1, 0.15) is 48.2 Å². The number of sulfone groups is 1. The molecule has 2 aliphatic rings. The van der Waals surface area contributed by atoms with Crippen LogP contribution < -0.4 is 5.73 Å². The number of carbonyl (C=O) groups is 2. The number of nitrogens with two attached hydrogens (primary N) is 1. The minimum Gasteiger partial charge on any atom is -0.481 e. The van der Waals surface area contributed by atoms with E-state index < -0.39 is 103 Å². The lowest BCUT2D eigenvalue weighted by molar-refractivity contribution is -0.142. The third kappa shape index (κ3) is 13.6. The number of nitrogens with zero attached hydrogens (tertiary/aromatic N) is 7. The first-order valence-electron chi connectivity index (χ1n) is 21.2. The summed E-state index contributed by atoms with van der Waals surface area (Å²) in [4.78, 5) is 30.2. The molecule has 2 fully saturated rings. The molecule has 6 aromatic rings. The smallest absolute Gasteiger partial charge is 0.433 e. The zero-order valence-corrected chi connectivity index (χ0v) is 40.2. The summed E-state index contributed by atoms with van der Waals surface area (Å²) in [6.07, 6.45) is -8.15. The van der Waals surface area contributed by atoms with Crippen molar-refractivity contribution in [2.45, 2.75) is 84.4 Å². The van der Waals surface area contributed by atoms with Gasteiger partial charge in [0.15, 0.2) is 25.9 Å². The number of ketones is 1. The van der Waals surface area contributed by atoms with Crippen LogP contribution in [0.5, 0.6) is 0 Å². The maximum Gasteiger partial charge on any atom is 0.433 e. The number of aromatic nitrogens is 6. The van der Waals surface area contributed by atoms with Crippen LogP contribution in [0.25, 0.3) is 11.4 Å². The monoisotopic (exact) mass is 1110 g/mol. The number of rotatable bonds is 12. The topological polar surface area (TPSA) is 213 Å². The second-order valence-corrected chi connectivity index (χ2v) is 21.0. The fourth-order valence-electron chi connectivity index (χ4n) is 7.55. The number of hydrogen-bond acceptors (Lipinski definition) is 11.